The second-order valence-electron chi connectivity index (χ2n) is 3.05. The minimum Gasteiger partial charge on any atom is -0.0728 e. The van der Waals surface area contributed by atoms with Crippen LogP contribution in [0, 0.1) is 0 Å². The molecule has 0 aliphatic heterocycles. The van der Waals surface area contributed by atoms with Crippen molar-refractivity contribution in [3.05, 3.63) is 33.7 Å². The molecular formula is C11H8. The maximum atomic E-state index is 2.30. The van der Waals surface area contributed by atoms with Crippen molar-refractivity contribution in [2.75, 3.05) is 0 Å². The van der Waals surface area contributed by atoms with Crippen molar-refractivity contribution in [3.8, 4) is 0 Å². The zero-order valence-corrected chi connectivity index (χ0v) is 6.17. The van der Waals surface area contributed by atoms with Gasteiger partial charge in [-0.05, 0) is 28.0 Å². The fourth-order valence-corrected chi connectivity index (χ4v) is 1.79. The quantitative estimate of drug-likeness (QED) is 0.514. The Labute approximate surface area is 65.2 Å². The van der Waals surface area contributed by atoms with Gasteiger partial charge >= 0.3 is 0 Å². The van der Waals surface area contributed by atoms with Crippen molar-refractivity contribution in [3.63, 3.8) is 0 Å². The Bertz CT molecular complexity index is 462. The lowest BCUT2D eigenvalue weighted by Crippen LogP contribution is -2.26. The highest BCUT2D eigenvalue weighted by Gasteiger charge is 2.07. The third-order valence-electron chi connectivity index (χ3n) is 2.44. The summed E-state index contributed by atoms with van der Waals surface area (Å²) in [5, 5.41) is 2.86. The van der Waals surface area contributed by atoms with E-state index in [9.17, 15) is 0 Å². The summed E-state index contributed by atoms with van der Waals surface area (Å²) in [6.45, 7) is 0. The van der Waals surface area contributed by atoms with Crippen LogP contribution in [0.2, 0.25) is 0 Å². The van der Waals surface area contributed by atoms with E-state index in [1.165, 1.54) is 21.6 Å². The van der Waals surface area contributed by atoms with Crippen LogP contribution < -0.4 is 10.4 Å². The van der Waals surface area contributed by atoms with Gasteiger partial charge in [-0.15, -0.1) is 0 Å². The minimum atomic E-state index is 1.11. The van der Waals surface area contributed by atoms with E-state index in [-0.39, 0.29) is 0 Å². The van der Waals surface area contributed by atoms with Crippen molar-refractivity contribution < 1.29 is 0 Å². The first-order chi connectivity index (χ1) is 5.45. The molecule has 0 fully saturated rings. The molecule has 0 saturated carbocycles. The van der Waals surface area contributed by atoms with Gasteiger partial charge in [-0.3, -0.25) is 0 Å². The predicted molar refractivity (Wildman–Crippen MR) is 48.2 cm³/mol. The van der Waals surface area contributed by atoms with Crippen molar-refractivity contribution in [2.24, 2.45) is 0 Å². The fourth-order valence-electron chi connectivity index (χ4n) is 1.79. The Morgan fingerprint density at radius 2 is 2.00 bits per heavy atom. The van der Waals surface area contributed by atoms with Gasteiger partial charge in [0.1, 0.15) is 0 Å². The van der Waals surface area contributed by atoms with E-state index >= 15 is 0 Å². The Kier molecular flexibility index (Phi) is 0.803. The van der Waals surface area contributed by atoms with Gasteiger partial charge in [-0.2, -0.15) is 0 Å². The van der Waals surface area contributed by atoms with Crippen LogP contribution >= 0.6 is 0 Å². The molecule has 11 heavy (non-hydrogen) atoms. The molecule has 0 saturated heterocycles. The average Bonchev–Trinajstić information content (AvgIpc) is 2.34. The number of benzene rings is 1. The molecule has 52 valence electrons. The lowest BCUT2D eigenvalue weighted by Gasteiger charge is -2.09. The summed E-state index contributed by atoms with van der Waals surface area (Å²) in [5.41, 5.74) is 2.84. The summed E-state index contributed by atoms with van der Waals surface area (Å²) >= 11 is 0. The monoisotopic (exact) mass is 140 g/mol. The molecule has 0 nitrogen and oxygen atoms in total. The zero-order valence-electron chi connectivity index (χ0n) is 6.17. The number of rotatable bonds is 0. The molecule has 0 N–H and O–H groups in total. The molecule has 2 aliphatic rings. The standard InChI is InChI=1S/C11H8/c1-2-8-4-5-9-6-7-11(9)10(8)3-1/h2-7H,1H2. The Hall–Kier alpha value is -1.30. The molecule has 0 unspecified atom stereocenters. The van der Waals surface area contributed by atoms with E-state index in [0.717, 1.165) is 6.42 Å². The molecule has 0 heterocycles. The SMILES string of the molecule is C1=Cc2c1ccc1c2=CCC=1. The molecular weight excluding hydrogens is 132 g/mol. The van der Waals surface area contributed by atoms with Crippen LogP contribution in [-0.2, 0) is 0 Å². The van der Waals surface area contributed by atoms with Crippen molar-refractivity contribution in [1.29, 1.82) is 0 Å². The van der Waals surface area contributed by atoms with E-state index in [0.29, 0.717) is 0 Å². The van der Waals surface area contributed by atoms with Gasteiger partial charge in [-0.25, -0.2) is 0 Å². The number of fused-ring (bicyclic) bond motifs is 3. The van der Waals surface area contributed by atoms with Gasteiger partial charge in [0.2, 0.25) is 0 Å². The lowest BCUT2D eigenvalue weighted by atomic mass is 9.95. The molecule has 0 bridgehead atoms. The van der Waals surface area contributed by atoms with Crippen LogP contribution in [0.3, 0.4) is 0 Å². The van der Waals surface area contributed by atoms with E-state index in [1.54, 1.807) is 0 Å². The van der Waals surface area contributed by atoms with Gasteiger partial charge in [0, 0.05) is 0 Å². The normalized spacial score (nSPS) is 16.0. The van der Waals surface area contributed by atoms with E-state index in [1.807, 2.05) is 0 Å². The highest BCUT2D eigenvalue weighted by Crippen LogP contribution is 2.18. The highest BCUT2D eigenvalue weighted by atomic mass is 14.1. The summed E-state index contributed by atoms with van der Waals surface area (Å²) in [4.78, 5) is 0. The Morgan fingerprint density at radius 1 is 1.00 bits per heavy atom. The van der Waals surface area contributed by atoms with Gasteiger partial charge in [0.05, 0.1) is 0 Å². The van der Waals surface area contributed by atoms with E-state index in [2.05, 4.69) is 36.4 Å². The van der Waals surface area contributed by atoms with Crippen molar-refractivity contribution >= 4 is 24.3 Å². The summed E-state index contributed by atoms with van der Waals surface area (Å²) in [7, 11) is 0. The Morgan fingerprint density at radius 3 is 2.82 bits per heavy atom. The summed E-state index contributed by atoms with van der Waals surface area (Å²) in [5.74, 6) is 0. The largest absolute Gasteiger partial charge is 0.0728 e. The Balaban J connectivity index is 2.60. The zero-order chi connectivity index (χ0) is 7.26. The lowest BCUT2D eigenvalue weighted by molar-refractivity contribution is 1.46. The highest BCUT2D eigenvalue weighted by molar-refractivity contribution is 5.86. The van der Waals surface area contributed by atoms with Crippen molar-refractivity contribution in [1.82, 2.24) is 0 Å². The molecule has 0 atom stereocenters. The number of hydrogen-bond acceptors (Lipinski definition) is 0. The second-order valence-corrected chi connectivity index (χ2v) is 3.05. The van der Waals surface area contributed by atoms with Crippen LogP contribution in [0.1, 0.15) is 17.5 Å². The average molecular weight is 140 g/mol. The van der Waals surface area contributed by atoms with Crippen LogP contribution in [0.25, 0.3) is 24.3 Å². The number of hydrogen-bond donors (Lipinski definition) is 0. The maximum absolute atomic E-state index is 2.30. The molecule has 0 spiro atoms. The smallest absolute Gasteiger partial charge is 0.0108 e. The molecule has 0 amide bonds. The predicted octanol–water partition coefficient (Wildman–Crippen LogP) is 1.14. The molecule has 1 aromatic rings. The second kappa shape index (κ2) is 1.65. The topological polar surface area (TPSA) is 0 Å². The van der Waals surface area contributed by atoms with Crippen LogP contribution in [0.15, 0.2) is 12.1 Å². The molecule has 1 aromatic carbocycles. The van der Waals surface area contributed by atoms with Crippen LogP contribution in [0.5, 0.6) is 0 Å². The minimum absolute atomic E-state index is 1.11. The van der Waals surface area contributed by atoms with Gasteiger partial charge in [0.15, 0.2) is 0 Å². The molecule has 3 rings (SSSR count). The summed E-state index contributed by atoms with van der Waals surface area (Å²) in [6.07, 6.45) is 10.1. The maximum Gasteiger partial charge on any atom is -0.0108 e. The molecule has 0 heteroatoms. The van der Waals surface area contributed by atoms with Crippen LogP contribution in [-0.4, -0.2) is 0 Å². The third kappa shape index (κ3) is 0.548. The van der Waals surface area contributed by atoms with E-state index in [4.69, 9.17) is 0 Å². The molecule has 2 aliphatic carbocycles. The fraction of sp³-hybridized carbons (Fsp3) is 0.0909. The molecule has 0 aromatic heterocycles. The first-order valence-electron chi connectivity index (χ1n) is 3.97. The first-order valence-corrected chi connectivity index (χ1v) is 3.97. The summed E-state index contributed by atoms with van der Waals surface area (Å²) < 4.78 is 0. The van der Waals surface area contributed by atoms with Gasteiger partial charge in [-0.1, -0.05) is 36.4 Å². The van der Waals surface area contributed by atoms with Crippen LogP contribution in [0.4, 0.5) is 0 Å². The van der Waals surface area contributed by atoms with Gasteiger partial charge < -0.3 is 0 Å². The van der Waals surface area contributed by atoms with Crippen molar-refractivity contribution in [2.45, 2.75) is 6.42 Å². The van der Waals surface area contributed by atoms with E-state index < -0.39 is 0 Å². The molecule has 0 radical (unpaired) electrons. The summed E-state index contributed by atoms with van der Waals surface area (Å²) in [6, 6.07) is 4.41. The van der Waals surface area contributed by atoms with Gasteiger partial charge in [0.25, 0.3) is 0 Å². The first kappa shape index (κ1) is 5.36. The third-order valence-corrected chi connectivity index (χ3v) is 2.44.